The molecule has 9 nitrogen and oxygen atoms in total. The minimum Gasteiger partial charge on any atom is -0.467 e. The average molecular weight is 392 g/mol. The van der Waals surface area contributed by atoms with Gasteiger partial charge in [-0.3, -0.25) is 9.69 Å². The molecule has 1 aromatic heterocycles. The van der Waals surface area contributed by atoms with Crippen LogP contribution < -0.4 is 16.0 Å². The summed E-state index contributed by atoms with van der Waals surface area (Å²) in [7, 11) is 0. The predicted molar refractivity (Wildman–Crippen MR) is 102 cm³/mol. The number of furan rings is 1. The first-order chi connectivity index (χ1) is 13.3. The average Bonchev–Trinajstić information content (AvgIpc) is 3.14. The van der Waals surface area contributed by atoms with Crippen LogP contribution in [0.1, 0.15) is 39.5 Å². The van der Waals surface area contributed by atoms with Crippen LogP contribution in [0.25, 0.3) is 0 Å². The van der Waals surface area contributed by atoms with Crippen LogP contribution in [0.5, 0.6) is 0 Å². The molecule has 0 saturated carbocycles. The SMILES string of the molecule is CCOC(=O)C1=C(CN(CC)CC(=O)NC(C)C)NC(=O)N[C@H]1c1ccco1. The Morgan fingerprint density at radius 3 is 2.68 bits per heavy atom. The van der Waals surface area contributed by atoms with Gasteiger partial charge < -0.3 is 25.1 Å². The number of esters is 1. The van der Waals surface area contributed by atoms with E-state index in [-0.39, 0.29) is 37.2 Å². The molecular weight excluding hydrogens is 364 g/mol. The van der Waals surface area contributed by atoms with Gasteiger partial charge in [-0.25, -0.2) is 9.59 Å². The molecule has 154 valence electrons. The highest BCUT2D eigenvalue weighted by molar-refractivity contribution is 5.95. The third kappa shape index (κ3) is 5.59. The van der Waals surface area contributed by atoms with Gasteiger partial charge in [0.2, 0.25) is 5.91 Å². The summed E-state index contributed by atoms with van der Waals surface area (Å²) in [4.78, 5) is 38.8. The lowest BCUT2D eigenvalue weighted by Gasteiger charge is -2.30. The lowest BCUT2D eigenvalue weighted by atomic mass is 10.00. The topological polar surface area (TPSA) is 113 Å². The Morgan fingerprint density at radius 2 is 2.11 bits per heavy atom. The molecule has 0 fully saturated rings. The molecule has 28 heavy (non-hydrogen) atoms. The highest BCUT2D eigenvalue weighted by atomic mass is 16.5. The number of rotatable bonds is 9. The van der Waals surface area contributed by atoms with E-state index in [0.29, 0.717) is 18.0 Å². The van der Waals surface area contributed by atoms with Gasteiger partial charge in [-0.1, -0.05) is 6.92 Å². The Kier molecular flexibility index (Phi) is 7.62. The molecule has 9 heteroatoms. The minimum atomic E-state index is -0.763. The number of hydrogen-bond donors (Lipinski definition) is 3. The monoisotopic (exact) mass is 392 g/mol. The first kappa shape index (κ1) is 21.5. The largest absolute Gasteiger partial charge is 0.467 e. The summed E-state index contributed by atoms with van der Waals surface area (Å²) in [5.74, 6) is -0.247. The van der Waals surface area contributed by atoms with Crippen molar-refractivity contribution < 1.29 is 23.5 Å². The molecule has 0 bridgehead atoms. The Hall–Kier alpha value is -2.81. The van der Waals surface area contributed by atoms with Crippen molar-refractivity contribution in [2.24, 2.45) is 0 Å². The molecule has 1 atom stereocenters. The van der Waals surface area contributed by atoms with Crippen molar-refractivity contribution in [1.82, 2.24) is 20.9 Å². The van der Waals surface area contributed by atoms with Crippen molar-refractivity contribution in [2.75, 3.05) is 26.2 Å². The highest BCUT2D eigenvalue weighted by Crippen LogP contribution is 2.28. The molecule has 0 aliphatic carbocycles. The van der Waals surface area contributed by atoms with E-state index in [4.69, 9.17) is 9.15 Å². The van der Waals surface area contributed by atoms with Gasteiger partial charge in [0.05, 0.1) is 25.0 Å². The van der Waals surface area contributed by atoms with Gasteiger partial charge in [0, 0.05) is 18.3 Å². The van der Waals surface area contributed by atoms with Crippen molar-refractivity contribution in [2.45, 2.75) is 39.8 Å². The van der Waals surface area contributed by atoms with E-state index in [9.17, 15) is 14.4 Å². The lowest BCUT2D eigenvalue weighted by molar-refractivity contribution is -0.139. The summed E-state index contributed by atoms with van der Waals surface area (Å²) in [5.41, 5.74) is 0.655. The van der Waals surface area contributed by atoms with Gasteiger partial charge in [0.1, 0.15) is 11.8 Å². The van der Waals surface area contributed by atoms with E-state index >= 15 is 0 Å². The molecule has 2 heterocycles. The minimum absolute atomic E-state index is 0.0300. The molecule has 0 saturated heterocycles. The number of nitrogens with zero attached hydrogens (tertiary/aromatic N) is 1. The number of ether oxygens (including phenoxy) is 1. The van der Waals surface area contributed by atoms with Crippen molar-refractivity contribution in [3.63, 3.8) is 0 Å². The number of carbonyl (C=O) groups excluding carboxylic acids is 3. The number of amides is 3. The van der Waals surface area contributed by atoms with Gasteiger partial charge >= 0.3 is 12.0 Å². The van der Waals surface area contributed by atoms with Crippen molar-refractivity contribution >= 4 is 17.9 Å². The summed E-state index contributed by atoms with van der Waals surface area (Å²) in [6.45, 7) is 8.49. The number of nitrogens with one attached hydrogen (secondary N) is 3. The second-order valence-corrected chi connectivity index (χ2v) is 6.69. The second-order valence-electron chi connectivity index (χ2n) is 6.69. The predicted octanol–water partition coefficient (Wildman–Crippen LogP) is 1.30. The quantitative estimate of drug-likeness (QED) is 0.546. The van der Waals surface area contributed by atoms with Gasteiger partial charge in [-0.15, -0.1) is 0 Å². The first-order valence-electron chi connectivity index (χ1n) is 9.38. The van der Waals surface area contributed by atoms with Gasteiger partial charge in [0.25, 0.3) is 0 Å². The smallest absolute Gasteiger partial charge is 0.338 e. The maximum atomic E-state index is 12.6. The molecule has 3 amide bonds. The van der Waals surface area contributed by atoms with Gasteiger partial charge in [-0.2, -0.15) is 0 Å². The first-order valence-corrected chi connectivity index (χ1v) is 9.38. The molecule has 3 N–H and O–H groups in total. The molecule has 0 spiro atoms. The Bertz CT molecular complexity index is 727. The summed E-state index contributed by atoms with van der Waals surface area (Å²) in [6, 6.07) is 2.18. The summed E-state index contributed by atoms with van der Waals surface area (Å²) in [6.07, 6.45) is 1.47. The van der Waals surface area contributed by atoms with Crippen molar-refractivity contribution in [3.05, 3.63) is 35.4 Å². The molecule has 0 radical (unpaired) electrons. The standard InChI is InChI=1S/C19H28N4O5/c1-5-23(11-15(24)20-12(3)4)10-13-16(18(25)27-6-2)17(22-19(26)21-13)14-8-7-9-28-14/h7-9,12,17H,5-6,10-11H2,1-4H3,(H,20,24)(H2,21,22,26)/t17-/m0/s1. The summed E-state index contributed by atoms with van der Waals surface area (Å²) < 4.78 is 10.6. The van der Waals surface area contributed by atoms with Gasteiger partial charge in [-0.05, 0) is 39.4 Å². The molecule has 1 aliphatic rings. The normalized spacial score (nSPS) is 16.8. The molecule has 1 aromatic rings. The van der Waals surface area contributed by atoms with Crippen LogP contribution >= 0.6 is 0 Å². The lowest BCUT2D eigenvalue weighted by Crippen LogP contribution is -2.49. The third-order valence-electron chi connectivity index (χ3n) is 4.12. The number of hydrogen-bond acceptors (Lipinski definition) is 6. The van der Waals surface area contributed by atoms with Crippen LogP contribution in [0.2, 0.25) is 0 Å². The van der Waals surface area contributed by atoms with E-state index in [1.807, 2.05) is 25.7 Å². The number of carbonyl (C=O) groups is 3. The fraction of sp³-hybridized carbons (Fsp3) is 0.526. The number of urea groups is 1. The Balaban J connectivity index is 2.33. The molecule has 0 aromatic carbocycles. The molecular formula is C19H28N4O5. The Labute approximate surface area is 164 Å². The number of likely N-dealkylation sites (N-methyl/N-ethyl adjacent to an activating group) is 1. The fourth-order valence-electron chi connectivity index (χ4n) is 2.94. The van der Waals surface area contributed by atoms with Crippen LogP contribution in [0, 0.1) is 0 Å². The van der Waals surface area contributed by atoms with Gasteiger partial charge in [0.15, 0.2) is 0 Å². The van der Waals surface area contributed by atoms with Crippen LogP contribution in [0.15, 0.2) is 34.1 Å². The van der Waals surface area contributed by atoms with Crippen LogP contribution in [-0.2, 0) is 14.3 Å². The maximum Gasteiger partial charge on any atom is 0.338 e. The summed E-state index contributed by atoms with van der Waals surface area (Å²) >= 11 is 0. The summed E-state index contributed by atoms with van der Waals surface area (Å²) in [5, 5.41) is 8.22. The van der Waals surface area contributed by atoms with E-state index in [1.54, 1.807) is 19.1 Å². The molecule has 2 rings (SSSR count). The third-order valence-corrected chi connectivity index (χ3v) is 4.12. The zero-order chi connectivity index (χ0) is 20.7. The zero-order valence-corrected chi connectivity index (χ0v) is 16.7. The van der Waals surface area contributed by atoms with Crippen LogP contribution in [0.4, 0.5) is 4.79 Å². The second kappa shape index (κ2) is 9.93. The van der Waals surface area contributed by atoms with E-state index < -0.39 is 18.0 Å². The van der Waals surface area contributed by atoms with Crippen molar-refractivity contribution in [1.29, 1.82) is 0 Å². The van der Waals surface area contributed by atoms with Crippen LogP contribution in [-0.4, -0.2) is 55.1 Å². The van der Waals surface area contributed by atoms with E-state index in [2.05, 4.69) is 16.0 Å². The van der Waals surface area contributed by atoms with E-state index in [0.717, 1.165) is 0 Å². The molecule has 1 aliphatic heterocycles. The highest BCUT2D eigenvalue weighted by Gasteiger charge is 2.35. The zero-order valence-electron chi connectivity index (χ0n) is 16.7. The fourth-order valence-corrected chi connectivity index (χ4v) is 2.94. The maximum absolute atomic E-state index is 12.6. The van der Waals surface area contributed by atoms with Crippen molar-refractivity contribution in [3.8, 4) is 0 Å². The Morgan fingerprint density at radius 1 is 1.36 bits per heavy atom. The van der Waals surface area contributed by atoms with Crippen LogP contribution in [0.3, 0.4) is 0 Å². The molecule has 0 unspecified atom stereocenters. The van der Waals surface area contributed by atoms with E-state index in [1.165, 1.54) is 6.26 Å².